The van der Waals surface area contributed by atoms with Crippen LogP contribution in [0, 0.1) is 11.8 Å². The minimum Gasteiger partial charge on any atom is -0.481 e. The first-order valence-corrected chi connectivity index (χ1v) is 3.84. The molecule has 0 aliphatic carbocycles. The number of carbonyl (C=O) groups is 1. The summed E-state index contributed by atoms with van der Waals surface area (Å²) in [6, 6.07) is 0. The average molecular weight is 171 g/mol. The van der Waals surface area contributed by atoms with E-state index in [1.54, 1.807) is 0 Å². The molecule has 1 N–H and O–H groups in total. The van der Waals surface area contributed by atoms with Crippen LogP contribution in [-0.2, 0) is 9.59 Å². The van der Waals surface area contributed by atoms with Gasteiger partial charge < -0.3 is 5.11 Å². The van der Waals surface area contributed by atoms with Crippen molar-refractivity contribution in [2.75, 3.05) is 6.54 Å². The van der Waals surface area contributed by atoms with Gasteiger partial charge in [0.25, 0.3) is 0 Å². The molecule has 0 bridgehead atoms. The van der Waals surface area contributed by atoms with Crippen molar-refractivity contribution in [2.45, 2.75) is 20.3 Å². The van der Waals surface area contributed by atoms with Crippen molar-refractivity contribution < 1.29 is 14.7 Å². The van der Waals surface area contributed by atoms with Gasteiger partial charge in [-0.15, -0.1) is 0 Å². The highest BCUT2D eigenvalue weighted by Crippen LogP contribution is 2.11. The minimum atomic E-state index is -0.900. The lowest BCUT2D eigenvalue weighted by molar-refractivity contribution is -0.141. The lowest BCUT2D eigenvalue weighted by Crippen LogP contribution is -2.18. The first-order chi connectivity index (χ1) is 5.57. The van der Waals surface area contributed by atoms with Gasteiger partial charge in [-0.2, -0.15) is 0 Å². The molecule has 4 heteroatoms. The number of hydrogen-bond acceptors (Lipinski definition) is 3. The monoisotopic (exact) mass is 171 g/mol. The Labute approximate surface area is 71.3 Å². The van der Waals surface area contributed by atoms with Gasteiger partial charge >= 0.3 is 5.97 Å². The number of rotatable bonds is 5. The van der Waals surface area contributed by atoms with Gasteiger partial charge in [0.15, 0.2) is 0 Å². The Morgan fingerprint density at radius 2 is 2.17 bits per heavy atom. The van der Waals surface area contributed by atoms with Crippen LogP contribution in [0.3, 0.4) is 0 Å². The molecule has 0 amide bonds. The van der Waals surface area contributed by atoms with Crippen LogP contribution >= 0.6 is 0 Å². The summed E-state index contributed by atoms with van der Waals surface area (Å²) in [6.45, 7) is 3.90. The second-order valence-electron chi connectivity index (χ2n) is 3.10. The Bertz CT molecular complexity index is 194. The van der Waals surface area contributed by atoms with Crippen molar-refractivity contribution >= 4 is 12.0 Å². The van der Waals surface area contributed by atoms with Crippen molar-refractivity contribution in [1.29, 1.82) is 0 Å². The molecule has 0 aromatic carbocycles. The molecule has 0 aromatic heterocycles. The van der Waals surface area contributed by atoms with E-state index < -0.39 is 11.9 Å². The highest BCUT2D eigenvalue weighted by Gasteiger charge is 2.17. The van der Waals surface area contributed by atoms with Gasteiger partial charge in [0.05, 0.1) is 12.5 Å². The predicted molar refractivity (Wildman–Crippen MR) is 43.6 cm³/mol. The van der Waals surface area contributed by atoms with Crippen molar-refractivity contribution in [3.05, 3.63) is 0 Å². The lowest BCUT2D eigenvalue weighted by Gasteiger charge is -2.10. The Morgan fingerprint density at radius 1 is 1.58 bits per heavy atom. The highest BCUT2D eigenvalue weighted by atomic mass is 16.4. The van der Waals surface area contributed by atoms with Crippen LogP contribution < -0.4 is 0 Å². The number of carboxylic acid groups (broad SMARTS) is 1. The number of isocyanates is 1. The van der Waals surface area contributed by atoms with Crippen LogP contribution in [0.5, 0.6) is 0 Å². The molecule has 1 atom stereocenters. The molecule has 0 radical (unpaired) electrons. The van der Waals surface area contributed by atoms with E-state index in [4.69, 9.17) is 5.11 Å². The molecule has 0 saturated heterocycles. The summed E-state index contributed by atoms with van der Waals surface area (Å²) in [5.41, 5.74) is 0. The number of aliphatic imine (C=N–C) groups is 1. The first kappa shape index (κ1) is 10.8. The number of carboxylic acids is 1. The fourth-order valence-electron chi connectivity index (χ4n) is 0.970. The SMILES string of the molecule is CC(C)CC(CN=C=O)C(=O)O. The topological polar surface area (TPSA) is 66.7 Å². The van der Waals surface area contributed by atoms with E-state index in [9.17, 15) is 9.59 Å². The summed E-state index contributed by atoms with van der Waals surface area (Å²) in [4.78, 5) is 23.5. The fraction of sp³-hybridized carbons (Fsp3) is 0.750. The quantitative estimate of drug-likeness (QED) is 0.497. The largest absolute Gasteiger partial charge is 0.481 e. The van der Waals surface area contributed by atoms with Gasteiger partial charge in [0.2, 0.25) is 6.08 Å². The molecule has 4 nitrogen and oxygen atoms in total. The van der Waals surface area contributed by atoms with Gasteiger partial charge in [-0.05, 0) is 12.3 Å². The van der Waals surface area contributed by atoms with Gasteiger partial charge in [-0.1, -0.05) is 13.8 Å². The summed E-state index contributed by atoms with van der Waals surface area (Å²) in [5.74, 6) is -1.15. The number of nitrogens with zero attached hydrogens (tertiary/aromatic N) is 1. The van der Waals surface area contributed by atoms with Crippen molar-refractivity contribution in [3.8, 4) is 0 Å². The van der Waals surface area contributed by atoms with Crippen molar-refractivity contribution in [2.24, 2.45) is 16.8 Å². The molecule has 0 fully saturated rings. The predicted octanol–water partition coefficient (Wildman–Crippen LogP) is 1.07. The van der Waals surface area contributed by atoms with Gasteiger partial charge in [0.1, 0.15) is 0 Å². The average Bonchev–Trinajstić information content (AvgIpc) is 1.96. The highest BCUT2D eigenvalue weighted by molar-refractivity contribution is 5.70. The van der Waals surface area contributed by atoms with E-state index in [2.05, 4.69) is 4.99 Å². The Morgan fingerprint density at radius 3 is 2.50 bits per heavy atom. The third-order valence-corrected chi connectivity index (χ3v) is 1.48. The Balaban J connectivity index is 4.04. The van der Waals surface area contributed by atoms with Crippen LogP contribution in [0.1, 0.15) is 20.3 Å². The van der Waals surface area contributed by atoms with Crippen LogP contribution in [0.15, 0.2) is 4.99 Å². The molecule has 0 heterocycles. The molecule has 0 aliphatic heterocycles. The number of hydrogen-bond donors (Lipinski definition) is 1. The maximum absolute atomic E-state index is 10.6. The molecule has 0 aliphatic rings. The third kappa shape index (κ3) is 4.63. The fourth-order valence-corrected chi connectivity index (χ4v) is 0.970. The summed E-state index contributed by atoms with van der Waals surface area (Å²) < 4.78 is 0. The zero-order valence-electron chi connectivity index (χ0n) is 7.28. The number of aliphatic carboxylic acids is 1. The Hall–Kier alpha value is -1.15. The van der Waals surface area contributed by atoms with E-state index in [1.165, 1.54) is 6.08 Å². The molecule has 12 heavy (non-hydrogen) atoms. The normalized spacial score (nSPS) is 12.2. The zero-order valence-corrected chi connectivity index (χ0v) is 7.28. The maximum Gasteiger partial charge on any atom is 0.308 e. The van der Waals surface area contributed by atoms with E-state index >= 15 is 0 Å². The van der Waals surface area contributed by atoms with E-state index in [1.807, 2.05) is 13.8 Å². The maximum atomic E-state index is 10.6. The molecule has 0 aromatic rings. The molecule has 0 rings (SSSR count). The standard InChI is InChI=1S/C8H13NO3/c1-6(2)3-7(8(11)12)4-9-5-10/h6-7H,3-4H2,1-2H3,(H,11,12). The summed E-state index contributed by atoms with van der Waals surface area (Å²) in [6.07, 6.45) is 1.88. The molecule has 0 saturated carbocycles. The van der Waals surface area contributed by atoms with E-state index in [0.29, 0.717) is 12.3 Å². The lowest BCUT2D eigenvalue weighted by atomic mass is 9.97. The van der Waals surface area contributed by atoms with E-state index in [-0.39, 0.29) is 6.54 Å². The van der Waals surface area contributed by atoms with Gasteiger partial charge in [-0.3, -0.25) is 4.79 Å². The van der Waals surface area contributed by atoms with Crippen LogP contribution in [0.25, 0.3) is 0 Å². The molecular weight excluding hydrogens is 158 g/mol. The first-order valence-electron chi connectivity index (χ1n) is 3.84. The van der Waals surface area contributed by atoms with E-state index in [0.717, 1.165) is 0 Å². The third-order valence-electron chi connectivity index (χ3n) is 1.48. The van der Waals surface area contributed by atoms with Gasteiger partial charge in [0, 0.05) is 0 Å². The second kappa shape index (κ2) is 5.49. The summed E-state index contributed by atoms with van der Waals surface area (Å²) >= 11 is 0. The summed E-state index contributed by atoms with van der Waals surface area (Å²) in [5, 5.41) is 8.66. The minimum absolute atomic E-state index is 0.0387. The zero-order chi connectivity index (χ0) is 9.56. The van der Waals surface area contributed by atoms with Crippen molar-refractivity contribution in [1.82, 2.24) is 0 Å². The molecule has 1 unspecified atom stereocenters. The van der Waals surface area contributed by atoms with Crippen LogP contribution in [0.2, 0.25) is 0 Å². The smallest absolute Gasteiger partial charge is 0.308 e. The summed E-state index contributed by atoms with van der Waals surface area (Å²) in [7, 11) is 0. The van der Waals surface area contributed by atoms with Gasteiger partial charge in [-0.25, -0.2) is 9.79 Å². The van der Waals surface area contributed by atoms with Crippen LogP contribution in [0.4, 0.5) is 0 Å². The van der Waals surface area contributed by atoms with Crippen LogP contribution in [-0.4, -0.2) is 23.7 Å². The molecular formula is C8H13NO3. The Kier molecular flexibility index (Phi) is 4.97. The second-order valence-corrected chi connectivity index (χ2v) is 3.10. The van der Waals surface area contributed by atoms with Crippen molar-refractivity contribution in [3.63, 3.8) is 0 Å². The number of carbonyl (C=O) groups excluding carboxylic acids is 1. The molecule has 68 valence electrons. The molecule has 0 spiro atoms.